The first-order valence-corrected chi connectivity index (χ1v) is 5.18. The fraction of sp³-hybridized carbons (Fsp3) is 0.375. The summed E-state index contributed by atoms with van der Waals surface area (Å²) in [6, 6.07) is 4.68. The number of thiophene rings is 1. The van der Waals surface area contributed by atoms with E-state index < -0.39 is 12.3 Å². The Hall–Kier alpha value is -0.470. The number of rotatable bonds is 3. The number of hydrogen-bond acceptors (Lipinski definition) is 2. The molecule has 0 fully saturated rings. The lowest BCUT2D eigenvalue weighted by atomic mass is 10.1. The number of halogens is 3. The summed E-state index contributed by atoms with van der Waals surface area (Å²) in [5.74, 6) is -2.87. The van der Waals surface area contributed by atoms with Crippen molar-refractivity contribution < 1.29 is 8.78 Å². The van der Waals surface area contributed by atoms with Crippen LogP contribution in [0.5, 0.6) is 0 Å². The Balaban J connectivity index is 2.75. The highest BCUT2D eigenvalue weighted by Crippen LogP contribution is 2.38. The van der Waals surface area contributed by atoms with Gasteiger partial charge in [-0.25, -0.2) is 8.78 Å². The molecular weight excluding hydrogens is 260 g/mol. The summed E-state index contributed by atoms with van der Waals surface area (Å²) in [6.45, 7) is 0. The Kier molecular flexibility index (Phi) is 3.40. The van der Waals surface area contributed by atoms with Gasteiger partial charge >= 0.3 is 0 Å². The van der Waals surface area contributed by atoms with Gasteiger partial charge in [0.15, 0.2) is 0 Å². The van der Waals surface area contributed by atoms with E-state index in [1.165, 1.54) is 6.07 Å². The molecule has 1 nitrogen and oxygen atoms in total. The highest BCUT2D eigenvalue weighted by molar-refractivity contribution is 9.11. The summed E-state index contributed by atoms with van der Waals surface area (Å²) in [5.41, 5.74) is 0. The third-order valence-electron chi connectivity index (χ3n) is 1.48. The Morgan fingerprint density at radius 3 is 2.69 bits per heavy atom. The second-order valence-corrected chi connectivity index (χ2v) is 4.93. The number of nitrogens with zero attached hydrogens (tertiary/aromatic N) is 1. The van der Waals surface area contributed by atoms with Gasteiger partial charge in [0.25, 0.3) is 5.92 Å². The van der Waals surface area contributed by atoms with Gasteiger partial charge in [0.05, 0.1) is 14.7 Å². The maximum atomic E-state index is 13.2. The molecule has 0 bridgehead atoms. The third kappa shape index (κ3) is 2.75. The van der Waals surface area contributed by atoms with Crippen molar-refractivity contribution >= 4 is 27.3 Å². The Morgan fingerprint density at radius 1 is 1.54 bits per heavy atom. The zero-order valence-electron chi connectivity index (χ0n) is 6.56. The largest absolute Gasteiger partial charge is 0.283 e. The third-order valence-corrected chi connectivity index (χ3v) is 3.22. The van der Waals surface area contributed by atoms with Crippen LogP contribution in [0.3, 0.4) is 0 Å². The van der Waals surface area contributed by atoms with Crippen molar-refractivity contribution in [2.75, 3.05) is 0 Å². The monoisotopic (exact) mass is 265 g/mol. The number of hydrogen-bond donors (Lipinski definition) is 0. The van der Waals surface area contributed by atoms with Crippen LogP contribution in [0.15, 0.2) is 15.9 Å². The van der Waals surface area contributed by atoms with E-state index in [9.17, 15) is 8.78 Å². The minimum atomic E-state index is -2.87. The fourth-order valence-electron chi connectivity index (χ4n) is 0.847. The normalized spacial score (nSPS) is 11.2. The predicted molar refractivity (Wildman–Crippen MR) is 50.8 cm³/mol. The zero-order valence-corrected chi connectivity index (χ0v) is 8.96. The van der Waals surface area contributed by atoms with Crippen molar-refractivity contribution in [3.63, 3.8) is 0 Å². The minimum Gasteiger partial charge on any atom is -0.200 e. The van der Waals surface area contributed by atoms with Crippen LogP contribution in [-0.4, -0.2) is 0 Å². The number of alkyl halides is 2. The molecule has 0 radical (unpaired) electrons. The van der Waals surface area contributed by atoms with E-state index in [1.807, 2.05) is 0 Å². The maximum Gasteiger partial charge on any atom is 0.283 e. The molecule has 0 atom stereocenters. The Bertz CT molecular complexity index is 329. The summed E-state index contributed by atoms with van der Waals surface area (Å²) in [5, 5.41) is 8.19. The van der Waals surface area contributed by atoms with Crippen molar-refractivity contribution in [1.29, 1.82) is 5.26 Å². The van der Waals surface area contributed by atoms with Gasteiger partial charge in [-0.05, 0) is 28.1 Å². The molecule has 0 amide bonds. The van der Waals surface area contributed by atoms with Gasteiger partial charge in [0, 0.05) is 12.8 Å². The van der Waals surface area contributed by atoms with Crippen molar-refractivity contribution in [3.8, 4) is 6.07 Å². The van der Waals surface area contributed by atoms with E-state index in [2.05, 4.69) is 15.9 Å². The summed E-state index contributed by atoms with van der Waals surface area (Å²) in [6.07, 6.45) is -0.529. The van der Waals surface area contributed by atoms with Crippen molar-refractivity contribution in [3.05, 3.63) is 20.8 Å². The molecule has 0 aliphatic rings. The van der Waals surface area contributed by atoms with Gasteiger partial charge in [-0.3, -0.25) is 0 Å². The standard InChI is InChI=1S/C8H6BrF2NS/c9-7-3-2-6(13-7)8(10,11)4-1-5-12/h2-3H,1,4H2. The molecule has 0 N–H and O–H groups in total. The first kappa shape index (κ1) is 10.6. The molecule has 0 saturated heterocycles. The van der Waals surface area contributed by atoms with E-state index in [1.54, 1.807) is 12.1 Å². The molecule has 70 valence electrons. The van der Waals surface area contributed by atoms with Crippen molar-refractivity contribution in [2.24, 2.45) is 0 Å². The van der Waals surface area contributed by atoms with Crippen LogP contribution in [0.1, 0.15) is 17.7 Å². The lowest BCUT2D eigenvalue weighted by molar-refractivity contribution is -0.00806. The smallest absolute Gasteiger partial charge is 0.200 e. The second kappa shape index (κ2) is 4.16. The van der Waals surface area contributed by atoms with Gasteiger partial charge in [0.2, 0.25) is 0 Å². The SMILES string of the molecule is N#CCCC(F)(F)c1ccc(Br)s1. The van der Waals surface area contributed by atoms with Gasteiger partial charge in [-0.2, -0.15) is 5.26 Å². The molecule has 0 spiro atoms. The van der Waals surface area contributed by atoms with Crippen LogP contribution >= 0.6 is 27.3 Å². The lowest BCUT2D eigenvalue weighted by Crippen LogP contribution is -2.10. The lowest BCUT2D eigenvalue weighted by Gasteiger charge is -2.11. The van der Waals surface area contributed by atoms with Crippen LogP contribution in [0, 0.1) is 11.3 Å². The molecule has 0 aromatic carbocycles. The highest BCUT2D eigenvalue weighted by atomic mass is 79.9. The van der Waals surface area contributed by atoms with Crippen LogP contribution in [0.4, 0.5) is 8.78 Å². The van der Waals surface area contributed by atoms with E-state index in [-0.39, 0.29) is 11.3 Å². The molecule has 1 heterocycles. The highest BCUT2D eigenvalue weighted by Gasteiger charge is 2.32. The maximum absolute atomic E-state index is 13.2. The van der Waals surface area contributed by atoms with Gasteiger partial charge in [0.1, 0.15) is 0 Å². The van der Waals surface area contributed by atoms with E-state index >= 15 is 0 Å². The topological polar surface area (TPSA) is 23.8 Å². The predicted octanol–water partition coefficient (Wildman–Crippen LogP) is 3.91. The molecule has 1 aromatic heterocycles. The van der Waals surface area contributed by atoms with E-state index in [0.717, 1.165) is 11.3 Å². The molecule has 0 aliphatic heterocycles. The fourth-order valence-corrected chi connectivity index (χ4v) is 2.24. The van der Waals surface area contributed by atoms with Gasteiger partial charge in [-0.1, -0.05) is 0 Å². The molecular formula is C8H6BrF2NS. The molecule has 0 unspecified atom stereocenters. The first-order valence-electron chi connectivity index (χ1n) is 3.57. The van der Waals surface area contributed by atoms with E-state index in [0.29, 0.717) is 3.79 Å². The molecule has 1 aromatic rings. The molecule has 5 heteroatoms. The summed E-state index contributed by atoms with van der Waals surface area (Å²) < 4.78 is 27.1. The minimum absolute atomic E-state index is 0.00891. The quantitative estimate of drug-likeness (QED) is 0.813. The van der Waals surface area contributed by atoms with E-state index in [4.69, 9.17) is 5.26 Å². The van der Waals surface area contributed by atoms with Gasteiger partial charge in [-0.15, -0.1) is 11.3 Å². The second-order valence-electron chi connectivity index (χ2n) is 2.47. The van der Waals surface area contributed by atoms with Crippen molar-refractivity contribution in [1.82, 2.24) is 0 Å². The van der Waals surface area contributed by atoms with Crippen LogP contribution in [-0.2, 0) is 5.92 Å². The van der Waals surface area contributed by atoms with Crippen LogP contribution in [0.25, 0.3) is 0 Å². The molecule has 0 saturated carbocycles. The molecule has 13 heavy (non-hydrogen) atoms. The molecule has 1 rings (SSSR count). The van der Waals surface area contributed by atoms with Crippen LogP contribution < -0.4 is 0 Å². The van der Waals surface area contributed by atoms with Crippen molar-refractivity contribution in [2.45, 2.75) is 18.8 Å². The first-order chi connectivity index (χ1) is 6.06. The molecule has 0 aliphatic carbocycles. The average Bonchev–Trinajstić information content (AvgIpc) is 2.49. The zero-order chi connectivity index (χ0) is 9.90. The summed E-state index contributed by atoms with van der Waals surface area (Å²) in [4.78, 5) is 0.00891. The van der Waals surface area contributed by atoms with Crippen LogP contribution in [0.2, 0.25) is 0 Å². The Labute approximate surface area is 87.1 Å². The Morgan fingerprint density at radius 2 is 2.23 bits per heavy atom. The summed E-state index contributed by atoms with van der Waals surface area (Å²) in [7, 11) is 0. The van der Waals surface area contributed by atoms with Gasteiger partial charge < -0.3 is 0 Å². The average molecular weight is 266 g/mol. The summed E-state index contributed by atoms with van der Waals surface area (Å²) >= 11 is 4.12. The number of nitriles is 1.